The van der Waals surface area contributed by atoms with Gasteiger partial charge in [-0.15, -0.1) is 11.3 Å². The van der Waals surface area contributed by atoms with Gasteiger partial charge in [0.05, 0.1) is 0 Å². The Bertz CT molecular complexity index is 592. The number of nitrogens with zero attached hydrogens (tertiary/aromatic N) is 1. The number of aliphatic imine (C=N–C) groups is 1. The molecule has 0 radical (unpaired) electrons. The minimum Gasteiger partial charge on any atom is -0.357 e. The van der Waals surface area contributed by atoms with E-state index in [1.807, 2.05) is 0 Å². The number of benzene rings is 1. The molecule has 0 saturated heterocycles. The second kappa shape index (κ2) is 7.45. The molecule has 3 rings (SSSR count). The molecule has 3 nitrogen and oxygen atoms in total. The third-order valence-corrected chi connectivity index (χ3v) is 4.83. The van der Waals surface area contributed by atoms with Crippen molar-refractivity contribution in [2.24, 2.45) is 4.99 Å². The largest absolute Gasteiger partial charge is 0.357 e. The molecule has 2 N–H and O–H groups in total. The first-order valence-corrected chi connectivity index (χ1v) is 8.87. The Morgan fingerprint density at radius 3 is 2.82 bits per heavy atom. The van der Waals surface area contributed by atoms with Gasteiger partial charge in [-0.1, -0.05) is 36.4 Å². The molecule has 1 aromatic heterocycles. The molecular formula is C18H23N3S. The number of rotatable bonds is 6. The lowest BCUT2D eigenvalue weighted by Crippen LogP contribution is -2.39. The monoisotopic (exact) mass is 313 g/mol. The second-order valence-corrected chi connectivity index (χ2v) is 6.63. The topological polar surface area (TPSA) is 36.4 Å². The zero-order valence-corrected chi connectivity index (χ0v) is 13.8. The first-order valence-electron chi connectivity index (χ1n) is 7.99. The van der Waals surface area contributed by atoms with Gasteiger partial charge in [-0.25, -0.2) is 0 Å². The van der Waals surface area contributed by atoms with E-state index in [2.05, 4.69) is 65.4 Å². The van der Waals surface area contributed by atoms with E-state index in [0.29, 0.717) is 12.0 Å². The van der Waals surface area contributed by atoms with E-state index in [0.717, 1.165) is 25.5 Å². The average molecular weight is 313 g/mol. The quantitative estimate of drug-likeness (QED) is 0.633. The van der Waals surface area contributed by atoms with Crippen LogP contribution < -0.4 is 10.6 Å². The Balaban J connectivity index is 1.51. The fraction of sp³-hybridized carbons (Fsp3) is 0.389. The van der Waals surface area contributed by atoms with Crippen molar-refractivity contribution in [2.75, 3.05) is 13.1 Å². The van der Waals surface area contributed by atoms with E-state index < -0.39 is 0 Å². The van der Waals surface area contributed by atoms with E-state index >= 15 is 0 Å². The van der Waals surface area contributed by atoms with Gasteiger partial charge >= 0.3 is 0 Å². The third-order valence-electron chi connectivity index (χ3n) is 3.89. The summed E-state index contributed by atoms with van der Waals surface area (Å²) in [5.41, 5.74) is 1.43. The highest BCUT2D eigenvalue weighted by molar-refractivity contribution is 7.09. The number of thiophene rings is 1. The highest BCUT2D eigenvalue weighted by atomic mass is 32.1. The second-order valence-electron chi connectivity index (χ2n) is 5.59. The summed E-state index contributed by atoms with van der Waals surface area (Å²) in [5, 5.41) is 9.03. The zero-order valence-electron chi connectivity index (χ0n) is 13.0. The van der Waals surface area contributed by atoms with Crippen LogP contribution in [0.25, 0.3) is 0 Å². The molecule has 1 heterocycles. The van der Waals surface area contributed by atoms with Crippen molar-refractivity contribution in [1.82, 2.24) is 10.6 Å². The maximum atomic E-state index is 4.70. The highest BCUT2D eigenvalue weighted by Crippen LogP contribution is 2.40. The van der Waals surface area contributed by atoms with Crippen molar-refractivity contribution in [3.63, 3.8) is 0 Å². The molecule has 0 bridgehead atoms. The van der Waals surface area contributed by atoms with Gasteiger partial charge in [0.2, 0.25) is 0 Å². The van der Waals surface area contributed by atoms with Gasteiger partial charge in [-0.3, -0.25) is 4.99 Å². The molecule has 1 aliphatic carbocycles. The van der Waals surface area contributed by atoms with Crippen molar-refractivity contribution in [1.29, 1.82) is 0 Å². The number of hydrogen-bond donors (Lipinski definition) is 2. The molecule has 116 valence electrons. The van der Waals surface area contributed by atoms with Crippen LogP contribution in [0.15, 0.2) is 52.8 Å². The van der Waals surface area contributed by atoms with Crippen LogP contribution in [-0.4, -0.2) is 25.1 Å². The van der Waals surface area contributed by atoms with Gasteiger partial charge in [0, 0.05) is 36.3 Å². The average Bonchev–Trinajstić information content (AvgIpc) is 3.11. The summed E-state index contributed by atoms with van der Waals surface area (Å²) in [6, 6.07) is 15.5. The zero-order chi connectivity index (χ0) is 15.2. The van der Waals surface area contributed by atoms with E-state index in [9.17, 15) is 0 Å². The molecule has 2 atom stereocenters. The fourth-order valence-corrected chi connectivity index (χ4v) is 3.35. The van der Waals surface area contributed by atoms with Crippen molar-refractivity contribution in [3.8, 4) is 0 Å². The Hall–Kier alpha value is -1.81. The molecule has 1 aliphatic rings. The first-order chi connectivity index (χ1) is 10.9. The molecule has 4 heteroatoms. The molecule has 2 unspecified atom stereocenters. The Morgan fingerprint density at radius 2 is 2.09 bits per heavy atom. The number of nitrogens with one attached hydrogen (secondary N) is 2. The minimum atomic E-state index is 0.516. The van der Waals surface area contributed by atoms with Gasteiger partial charge < -0.3 is 10.6 Å². The maximum absolute atomic E-state index is 4.70. The van der Waals surface area contributed by atoms with Crippen molar-refractivity contribution < 1.29 is 0 Å². The molecule has 0 amide bonds. The molecule has 1 saturated carbocycles. The van der Waals surface area contributed by atoms with Crippen LogP contribution in [0, 0.1) is 0 Å². The lowest BCUT2D eigenvalue weighted by Gasteiger charge is -2.11. The predicted octanol–water partition coefficient (Wildman–Crippen LogP) is 3.40. The van der Waals surface area contributed by atoms with Gasteiger partial charge in [0.25, 0.3) is 0 Å². The first kappa shape index (κ1) is 15.1. The standard InChI is InChI=1S/C18H23N3S/c1-2-19-18(20-11-10-15-9-6-12-22-15)21-17-13-16(17)14-7-4-3-5-8-14/h3-9,12,16-17H,2,10-11,13H2,1H3,(H2,19,20,21). The molecular weight excluding hydrogens is 290 g/mol. The summed E-state index contributed by atoms with van der Waals surface area (Å²) in [7, 11) is 0. The predicted molar refractivity (Wildman–Crippen MR) is 94.7 cm³/mol. The van der Waals surface area contributed by atoms with Crippen LogP contribution in [0.1, 0.15) is 29.7 Å². The van der Waals surface area contributed by atoms with Crippen LogP contribution in [-0.2, 0) is 6.42 Å². The van der Waals surface area contributed by atoms with Gasteiger partial charge in [0.15, 0.2) is 5.96 Å². The molecule has 22 heavy (non-hydrogen) atoms. The number of guanidine groups is 1. The van der Waals surface area contributed by atoms with Crippen molar-refractivity contribution in [2.45, 2.75) is 31.7 Å². The summed E-state index contributed by atoms with van der Waals surface area (Å²) < 4.78 is 0. The summed E-state index contributed by atoms with van der Waals surface area (Å²) in [5.74, 6) is 1.57. The minimum absolute atomic E-state index is 0.516. The van der Waals surface area contributed by atoms with Crippen LogP contribution >= 0.6 is 11.3 Å². The molecule has 1 aromatic carbocycles. The molecule has 1 fully saturated rings. The van der Waals surface area contributed by atoms with E-state index in [1.165, 1.54) is 16.9 Å². The van der Waals surface area contributed by atoms with Crippen LogP contribution in [0.4, 0.5) is 0 Å². The summed E-state index contributed by atoms with van der Waals surface area (Å²) in [6.45, 7) is 3.84. The summed E-state index contributed by atoms with van der Waals surface area (Å²) in [6.07, 6.45) is 2.21. The SMILES string of the molecule is CCNC(=NCCc1cccs1)NC1CC1c1ccccc1. The molecule has 0 aliphatic heterocycles. The van der Waals surface area contributed by atoms with Crippen LogP contribution in [0.5, 0.6) is 0 Å². The fourth-order valence-electron chi connectivity index (χ4n) is 2.65. The Morgan fingerprint density at radius 1 is 1.23 bits per heavy atom. The summed E-state index contributed by atoms with van der Waals surface area (Å²) >= 11 is 1.80. The smallest absolute Gasteiger partial charge is 0.191 e. The van der Waals surface area contributed by atoms with Gasteiger partial charge in [0.1, 0.15) is 0 Å². The van der Waals surface area contributed by atoms with Crippen molar-refractivity contribution in [3.05, 3.63) is 58.3 Å². The summed E-state index contributed by atoms with van der Waals surface area (Å²) in [4.78, 5) is 6.09. The third kappa shape index (κ3) is 4.10. The highest BCUT2D eigenvalue weighted by Gasteiger charge is 2.38. The molecule has 0 spiro atoms. The van der Waals surface area contributed by atoms with E-state index in [-0.39, 0.29) is 0 Å². The van der Waals surface area contributed by atoms with Gasteiger partial charge in [-0.05, 0) is 30.4 Å². The Kier molecular flexibility index (Phi) is 5.11. The molecule has 2 aromatic rings. The van der Waals surface area contributed by atoms with Gasteiger partial charge in [-0.2, -0.15) is 0 Å². The van der Waals surface area contributed by atoms with Crippen molar-refractivity contribution >= 4 is 17.3 Å². The lowest BCUT2D eigenvalue weighted by atomic mass is 10.1. The number of hydrogen-bond acceptors (Lipinski definition) is 2. The van der Waals surface area contributed by atoms with Crippen LogP contribution in [0.3, 0.4) is 0 Å². The Labute approximate surface area is 136 Å². The van der Waals surface area contributed by atoms with E-state index in [4.69, 9.17) is 4.99 Å². The van der Waals surface area contributed by atoms with Crippen LogP contribution in [0.2, 0.25) is 0 Å². The maximum Gasteiger partial charge on any atom is 0.191 e. The lowest BCUT2D eigenvalue weighted by molar-refractivity contribution is 0.793. The van der Waals surface area contributed by atoms with E-state index in [1.54, 1.807) is 11.3 Å². The normalized spacial score (nSPS) is 20.7.